The molecular weight excluding hydrogens is 380 g/mol. The van der Waals surface area contributed by atoms with Gasteiger partial charge in [0.2, 0.25) is 5.82 Å². The SMILES string of the molecule is CCCc1cc(C(=O)OCc2nc(-c3ccc(OC)c(OC)c3)no2)sc1C. The van der Waals surface area contributed by atoms with Gasteiger partial charge in [-0.2, -0.15) is 4.98 Å². The number of nitrogens with zero attached hydrogens (tertiary/aromatic N) is 2. The van der Waals surface area contributed by atoms with Crippen molar-refractivity contribution < 1.29 is 23.5 Å². The van der Waals surface area contributed by atoms with Crippen LogP contribution in [-0.2, 0) is 17.8 Å². The first-order valence-electron chi connectivity index (χ1n) is 8.87. The summed E-state index contributed by atoms with van der Waals surface area (Å²) in [4.78, 5) is 18.3. The molecule has 7 nitrogen and oxygen atoms in total. The Morgan fingerprint density at radius 2 is 1.96 bits per heavy atom. The van der Waals surface area contributed by atoms with Gasteiger partial charge in [0.1, 0.15) is 4.88 Å². The summed E-state index contributed by atoms with van der Waals surface area (Å²) >= 11 is 1.44. The molecule has 0 unspecified atom stereocenters. The summed E-state index contributed by atoms with van der Waals surface area (Å²) in [6.07, 6.45) is 1.99. The molecule has 0 fully saturated rings. The van der Waals surface area contributed by atoms with Crippen molar-refractivity contribution in [3.63, 3.8) is 0 Å². The first kappa shape index (κ1) is 19.9. The number of benzene rings is 1. The number of aromatic nitrogens is 2. The molecule has 3 aromatic rings. The fourth-order valence-electron chi connectivity index (χ4n) is 2.74. The third-order valence-electron chi connectivity index (χ3n) is 4.18. The van der Waals surface area contributed by atoms with Gasteiger partial charge in [0.05, 0.1) is 14.2 Å². The summed E-state index contributed by atoms with van der Waals surface area (Å²) in [6, 6.07) is 7.21. The second-order valence-electron chi connectivity index (χ2n) is 6.10. The second kappa shape index (κ2) is 8.88. The quantitative estimate of drug-likeness (QED) is 0.515. The molecule has 28 heavy (non-hydrogen) atoms. The van der Waals surface area contributed by atoms with E-state index in [-0.39, 0.29) is 18.5 Å². The van der Waals surface area contributed by atoms with Crippen molar-refractivity contribution in [3.8, 4) is 22.9 Å². The van der Waals surface area contributed by atoms with Crippen LogP contribution in [0.3, 0.4) is 0 Å². The number of hydrogen-bond donors (Lipinski definition) is 0. The minimum absolute atomic E-state index is 0.0841. The van der Waals surface area contributed by atoms with E-state index < -0.39 is 0 Å². The maximum absolute atomic E-state index is 12.3. The molecule has 0 spiro atoms. The van der Waals surface area contributed by atoms with Crippen LogP contribution in [0.15, 0.2) is 28.8 Å². The fraction of sp³-hybridized carbons (Fsp3) is 0.350. The standard InChI is InChI=1S/C20H22N2O5S/c1-5-6-13-10-17(28-12(13)2)20(23)26-11-18-21-19(22-27-18)14-7-8-15(24-3)16(9-14)25-4/h7-10H,5-6,11H2,1-4H3. The van der Waals surface area contributed by atoms with Gasteiger partial charge in [-0.1, -0.05) is 18.5 Å². The van der Waals surface area contributed by atoms with Crippen molar-refractivity contribution in [2.75, 3.05) is 14.2 Å². The van der Waals surface area contributed by atoms with E-state index in [1.807, 2.05) is 13.0 Å². The highest BCUT2D eigenvalue weighted by Gasteiger charge is 2.16. The zero-order valence-electron chi connectivity index (χ0n) is 16.3. The van der Waals surface area contributed by atoms with Gasteiger partial charge in [-0.3, -0.25) is 0 Å². The van der Waals surface area contributed by atoms with Crippen LogP contribution in [0.1, 0.15) is 39.3 Å². The number of ether oxygens (including phenoxy) is 3. The molecule has 1 aromatic carbocycles. The van der Waals surface area contributed by atoms with E-state index in [9.17, 15) is 4.79 Å². The van der Waals surface area contributed by atoms with Crippen molar-refractivity contribution in [2.24, 2.45) is 0 Å². The average Bonchev–Trinajstić information content (AvgIpc) is 3.33. The highest BCUT2D eigenvalue weighted by Crippen LogP contribution is 2.31. The third-order valence-corrected chi connectivity index (χ3v) is 5.25. The molecule has 2 aromatic heterocycles. The van der Waals surface area contributed by atoms with Crippen LogP contribution in [0.2, 0.25) is 0 Å². The summed E-state index contributed by atoms with van der Waals surface area (Å²) in [5.41, 5.74) is 1.89. The maximum atomic E-state index is 12.3. The predicted octanol–water partition coefficient (Wildman–Crippen LogP) is 4.43. The zero-order valence-corrected chi connectivity index (χ0v) is 17.1. The first-order valence-corrected chi connectivity index (χ1v) is 9.68. The molecule has 0 radical (unpaired) electrons. The monoisotopic (exact) mass is 402 g/mol. The minimum Gasteiger partial charge on any atom is -0.493 e. The maximum Gasteiger partial charge on any atom is 0.348 e. The van der Waals surface area contributed by atoms with Crippen molar-refractivity contribution >= 4 is 17.3 Å². The lowest BCUT2D eigenvalue weighted by atomic mass is 10.1. The van der Waals surface area contributed by atoms with E-state index in [2.05, 4.69) is 17.1 Å². The molecule has 0 saturated heterocycles. The molecule has 0 atom stereocenters. The molecule has 148 valence electrons. The Morgan fingerprint density at radius 1 is 1.18 bits per heavy atom. The summed E-state index contributed by atoms with van der Waals surface area (Å²) < 4.78 is 21.0. The molecule has 0 aliphatic rings. The van der Waals surface area contributed by atoms with E-state index in [0.717, 1.165) is 17.7 Å². The molecule has 0 N–H and O–H groups in total. The van der Waals surface area contributed by atoms with E-state index in [0.29, 0.717) is 27.8 Å². The largest absolute Gasteiger partial charge is 0.493 e. The number of hydrogen-bond acceptors (Lipinski definition) is 8. The summed E-state index contributed by atoms with van der Waals surface area (Å²) in [7, 11) is 3.12. The molecule has 3 rings (SSSR count). The number of rotatable bonds is 8. The van der Waals surface area contributed by atoms with Crippen LogP contribution in [0.25, 0.3) is 11.4 Å². The summed E-state index contributed by atoms with van der Waals surface area (Å²) in [5, 5.41) is 3.94. The molecule has 0 amide bonds. The van der Waals surface area contributed by atoms with Crippen LogP contribution >= 0.6 is 11.3 Å². The van der Waals surface area contributed by atoms with Crippen molar-refractivity contribution in [1.29, 1.82) is 0 Å². The van der Waals surface area contributed by atoms with Gasteiger partial charge < -0.3 is 18.7 Å². The zero-order chi connectivity index (χ0) is 20.1. The molecule has 0 aliphatic carbocycles. The van der Waals surface area contributed by atoms with Crippen LogP contribution in [0, 0.1) is 6.92 Å². The predicted molar refractivity (Wildman–Crippen MR) is 105 cm³/mol. The van der Waals surface area contributed by atoms with Crippen molar-refractivity contribution in [3.05, 3.63) is 45.5 Å². The van der Waals surface area contributed by atoms with Crippen molar-refractivity contribution in [2.45, 2.75) is 33.3 Å². The lowest BCUT2D eigenvalue weighted by molar-refractivity contribution is 0.0435. The van der Waals surface area contributed by atoms with Gasteiger partial charge in [0.25, 0.3) is 5.89 Å². The number of aryl methyl sites for hydroxylation is 2. The topological polar surface area (TPSA) is 83.7 Å². The van der Waals surface area contributed by atoms with Crippen LogP contribution in [0.5, 0.6) is 11.5 Å². The number of carbonyl (C=O) groups excluding carboxylic acids is 1. The van der Waals surface area contributed by atoms with E-state index in [1.165, 1.54) is 16.9 Å². The summed E-state index contributed by atoms with van der Waals surface area (Å²) in [5.74, 6) is 1.39. The first-order chi connectivity index (χ1) is 13.5. The molecule has 0 bridgehead atoms. The van der Waals surface area contributed by atoms with Crippen LogP contribution < -0.4 is 9.47 Å². The van der Waals surface area contributed by atoms with Gasteiger partial charge in [-0.05, 0) is 43.2 Å². The van der Waals surface area contributed by atoms with E-state index in [1.54, 1.807) is 32.4 Å². The van der Waals surface area contributed by atoms with Crippen LogP contribution in [-0.4, -0.2) is 30.3 Å². The van der Waals surface area contributed by atoms with Gasteiger partial charge >= 0.3 is 5.97 Å². The Labute approximate surface area is 167 Å². The molecule has 2 heterocycles. The number of thiophene rings is 1. The Morgan fingerprint density at radius 3 is 2.68 bits per heavy atom. The normalized spacial score (nSPS) is 10.7. The average molecular weight is 402 g/mol. The van der Waals surface area contributed by atoms with E-state index in [4.69, 9.17) is 18.7 Å². The smallest absolute Gasteiger partial charge is 0.348 e. The van der Waals surface area contributed by atoms with Gasteiger partial charge in [-0.25, -0.2) is 4.79 Å². The van der Waals surface area contributed by atoms with Crippen LogP contribution in [0.4, 0.5) is 0 Å². The fourth-order valence-corrected chi connectivity index (χ4v) is 3.71. The minimum atomic E-state index is -0.388. The second-order valence-corrected chi connectivity index (χ2v) is 7.36. The van der Waals surface area contributed by atoms with E-state index >= 15 is 0 Å². The number of carbonyl (C=O) groups is 1. The Bertz CT molecular complexity index is 963. The Kier molecular flexibility index (Phi) is 6.30. The van der Waals surface area contributed by atoms with Gasteiger partial charge in [-0.15, -0.1) is 11.3 Å². The lowest BCUT2D eigenvalue weighted by Gasteiger charge is -2.07. The lowest BCUT2D eigenvalue weighted by Crippen LogP contribution is -2.03. The Balaban J connectivity index is 1.66. The van der Waals surface area contributed by atoms with Gasteiger partial charge in [0.15, 0.2) is 18.1 Å². The highest BCUT2D eigenvalue weighted by molar-refractivity contribution is 7.14. The molecular formula is C20H22N2O5S. The molecule has 8 heteroatoms. The number of methoxy groups -OCH3 is 2. The van der Waals surface area contributed by atoms with Crippen molar-refractivity contribution in [1.82, 2.24) is 10.1 Å². The molecule has 0 aliphatic heterocycles. The Hall–Kier alpha value is -2.87. The van der Waals surface area contributed by atoms with Gasteiger partial charge in [0, 0.05) is 10.4 Å². The highest BCUT2D eigenvalue weighted by atomic mass is 32.1. The third kappa shape index (κ3) is 4.33. The molecule has 0 saturated carbocycles. The number of esters is 1. The summed E-state index contributed by atoms with van der Waals surface area (Å²) in [6.45, 7) is 4.04.